The first-order valence-corrected chi connectivity index (χ1v) is 8.94. The molecule has 0 saturated carbocycles. The molecule has 0 bridgehead atoms. The van der Waals surface area contributed by atoms with Gasteiger partial charge in [-0.2, -0.15) is 0 Å². The van der Waals surface area contributed by atoms with Crippen molar-refractivity contribution in [2.75, 3.05) is 10.8 Å². The summed E-state index contributed by atoms with van der Waals surface area (Å²) in [5, 5.41) is 10.9. The number of aryl methyl sites for hydroxylation is 2. The Balaban J connectivity index is 2.61. The highest BCUT2D eigenvalue weighted by molar-refractivity contribution is 7.92. The number of hydrogen-bond acceptors (Lipinski definition) is 6. The summed E-state index contributed by atoms with van der Waals surface area (Å²) < 4.78 is 27.0. The Kier molecular flexibility index (Phi) is 5.58. The number of nitrogens with two attached hydrogens (primary N) is 1. The minimum Gasteiger partial charge on any atom is -0.293 e. The molecule has 10 heteroatoms. The van der Waals surface area contributed by atoms with E-state index in [-0.39, 0.29) is 16.3 Å². The molecule has 0 aromatic heterocycles. The Morgan fingerprint density at radius 2 is 1.81 bits per heavy atom. The minimum absolute atomic E-state index is 0.262. The fourth-order valence-corrected chi connectivity index (χ4v) is 3.92. The molecular formula is C16H18N4O5S. The first-order valence-electron chi connectivity index (χ1n) is 7.50. The molecule has 138 valence electrons. The van der Waals surface area contributed by atoms with Crippen LogP contribution >= 0.6 is 0 Å². The molecule has 1 amide bonds. The molecule has 3 N–H and O–H groups in total. The molecule has 0 spiro atoms. The number of non-ortho nitro benzene ring substituents is 1. The third-order valence-electron chi connectivity index (χ3n) is 3.56. The number of nitro groups is 1. The average Bonchev–Trinajstić information content (AvgIpc) is 2.58. The van der Waals surface area contributed by atoms with Crippen LogP contribution in [0.25, 0.3) is 0 Å². The lowest BCUT2D eigenvalue weighted by Gasteiger charge is -2.24. The van der Waals surface area contributed by atoms with Gasteiger partial charge in [-0.05, 0) is 43.2 Å². The molecule has 2 aromatic rings. The van der Waals surface area contributed by atoms with E-state index in [1.165, 1.54) is 18.2 Å². The van der Waals surface area contributed by atoms with E-state index in [2.05, 4.69) is 0 Å². The number of benzene rings is 2. The summed E-state index contributed by atoms with van der Waals surface area (Å²) >= 11 is 0. The Morgan fingerprint density at radius 3 is 2.35 bits per heavy atom. The van der Waals surface area contributed by atoms with Crippen LogP contribution in [-0.4, -0.2) is 25.8 Å². The summed E-state index contributed by atoms with van der Waals surface area (Å²) in [6.45, 7) is 3.01. The molecule has 0 aliphatic carbocycles. The van der Waals surface area contributed by atoms with Crippen LogP contribution in [0.2, 0.25) is 0 Å². The van der Waals surface area contributed by atoms with Crippen molar-refractivity contribution in [1.29, 1.82) is 0 Å². The Labute approximate surface area is 150 Å². The Morgan fingerprint density at radius 1 is 1.19 bits per heavy atom. The second kappa shape index (κ2) is 7.50. The number of amides is 1. The van der Waals surface area contributed by atoms with Crippen molar-refractivity contribution in [2.24, 2.45) is 5.84 Å². The van der Waals surface area contributed by atoms with Crippen molar-refractivity contribution in [3.8, 4) is 0 Å². The summed E-state index contributed by atoms with van der Waals surface area (Å²) in [6, 6.07) is 9.70. The van der Waals surface area contributed by atoms with Crippen LogP contribution in [0.3, 0.4) is 0 Å². The number of nitro benzene ring substituents is 1. The molecule has 0 aliphatic rings. The predicted molar refractivity (Wildman–Crippen MR) is 95.9 cm³/mol. The lowest BCUT2D eigenvalue weighted by atomic mass is 10.1. The maximum atomic E-state index is 13.1. The molecule has 0 radical (unpaired) electrons. The van der Waals surface area contributed by atoms with Gasteiger partial charge in [0.05, 0.1) is 15.5 Å². The Bertz CT molecular complexity index is 939. The van der Waals surface area contributed by atoms with Gasteiger partial charge in [0.2, 0.25) is 0 Å². The van der Waals surface area contributed by atoms with Gasteiger partial charge in [-0.15, -0.1) is 0 Å². The number of hydrogen-bond donors (Lipinski definition) is 2. The van der Waals surface area contributed by atoms with E-state index < -0.39 is 27.4 Å². The van der Waals surface area contributed by atoms with Crippen molar-refractivity contribution in [3.63, 3.8) is 0 Å². The number of hydrazine groups is 1. The van der Waals surface area contributed by atoms with E-state index in [4.69, 9.17) is 5.84 Å². The smallest absolute Gasteiger partial charge is 0.270 e. The molecule has 0 unspecified atom stereocenters. The van der Waals surface area contributed by atoms with Crippen LogP contribution in [0.4, 0.5) is 11.4 Å². The highest BCUT2D eigenvalue weighted by Gasteiger charge is 2.28. The molecule has 0 fully saturated rings. The second-order valence-electron chi connectivity index (χ2n) is 5.68. The molecular weight excluding hydrogens is 360 g/mol. The van der Waals surface area contributed by atoms with Crippen LogP contribution in [-0.2, 0) is 14.8 Å². The largest absolute Gasteiger partial charge is 0.293 e. The molecule has 26 heavy (non-hydrogen) atoms. The highest BCUT2D eigenvalue weighted by Crippen LogP contribution is 2.27. The molecule has 9 nitrogen and oxygen atoms in total. The minimum atomic E-state index is -4.24. The molecule has 0 heterocycles. The number of anilines is 1. The number of rotatable bonds is 6. The fraction of sp³-hybridized carbons (Fsp3) is 0.188. The summed E-state index contributed by atoms with van der Waals surface area (Å²) in [6.07, 6.45) is 0. The topological polar surface area (TPSA) is 136 Å². The first kappa shape index (κ1) is 19.3. The summed E-state index contributed by atoms with van der Waals surface area (Å²) in [4.78, 5) is 21.7. The zero-order chi connectivity index (χ0) is 19.5. The SMILES string of the molecule is Cc1cc(C)cc(N(CC(=O)NN)S(=O)(=O)c2cccc([N+](=O)[O-])c2)c1. The zero-order valence-electron chi connectivity index (χ0n) is 14.2. The van der Waals surface area contributed by atoms with Crippen LogP contribution < -0.4 is 15.6 Å². The van der Waals surface area contributed by atoms with E-state index >= 15 is 0 Å². The van der Waals surface area contributed by atoms with Crippen LogP contribution in [0.5, 0.6) is 0 Å². The van der Waals surface area contributed by atoms with Gasteiger partial charge in [0.25, 0.3) is 21.6 Å². The monoisotopic (exact) mass is 378 g/mol. The molecule has 0 atom stereocenters. The number of nitrogens with zero attached hydrogens (tertiary/aromatic N) is 2. The standard InChI is InChI=1S/C16H18N4O5S/c1-11-6-12(2)8-14(7-11)19(10-16(21)18-17)26(24,25)15-5-3-4-13(9-15)20(22)23/h3-9H,10,17H2,1-2H3,(H,18,21). The lowest BCUT2D eigenvalue weighted by molar-refractivity contribution is -0.385. The van der Waals surface area contributed by atoms with E-state index in [0.29, 0.717) is 0 Å². The third kappa shape index (κ3) is 4.16. The van der Waals surface area contributed by atoms with Crippen LogP contribution in [0.1, 0.15) is 11.1 Å². The number of sulfonamides is 1. The van der Waals surface area contributed by atoms with Crippen LogP contribution in [0, 0.1) is 24.0 Å². The van der Waals surface area contributed by atoms with Gasteiger partial charge in [0.15, 0.2) is 0 Å². The van der Waals surface area contributed by atoms with Crippen LogP contribution in [0.15, 0.2) is 47.4 Å². The quantitative estimate of drug-likeness (QED) is 0.337. The number of carbonyl (C=O) groups is 1. The Hall–Kier alpha value is -2.98. The fourth-order valence-electron chi connectivity index (χ4n) is 2.47. The van der Waals surface area contributed by atoms with Gasteiger partial charge >= 0.3 is 0 Å². The van der Waals surface area contributed by atoms with Gasteiger partial charge in [-0.3, -0.25) is 24.6 Å². The van der Waals surface area contributed by atoms with Gasteiger partial charge in [0.1, 0.15) is 6.54 Å². The molecule has 2 rings (SSSR count). The normalized spacial score (nSPS) is 11.0. The third-order valence-corrected chi connectivity index (χ3v) is 5.33. The maximum absolute atomic E-state index is 13.1. The zero-order valence-corrected chi connectivity index (χ0v) is 15.0. The van der Waals surface area contributed by atoms with Crippen molar-refractivity contribution in [3.05, 3.63) is 63.7 Å². The van der Waals surface area contributed by atoms with Crippen molar-refractivity contribution >= 4 is 27.3 Å². The van der Waals surface area contributed by atoms with Gasteiger partial charge in [-0.1, -0.05) is 12.1 Å². The van der Waals surface area contributed by atoms with Crippen molar-refractivity contribution < 1.29 is 18.1 Å². The number of carbonyl (C=O) groups excluding carboxylic acids is 1. The second-order valence-corrected chi connectivity index (χ2v) is 7.54. The molecule has 0 saturated heterocycles. The van der Waals surface area contributed by atoms with Crippen molar-refractivity contribution in [2.45, 2.75) is 18.7 Å². The van der Waals surface area contributed by atoms with E-state index in [1.54, 1.807) is 26.0 Å². The van der Waals surface area contributed by atoms with Gasteiger partial charge in [-0.25, -0.2) is 14.3 Å². The maximum Gasteiger partial charge on any atom is 0.270 e. The number of nitrogens with one attached hydrogen (secondary N) is 1. The average molecular weight is 378 g/mol. The summed E-state index contributed by atoms with van der Waals surface area (Å²) in [7, 11) is -4.24. The predicted octanol–water partition coefficient (Wildman–Crippen LogP) is 1.40. The van der Waals surface area contributed by atoms with E-state index in [1.807, 2.05) is 11.5 Å². The summed E-state index contributed by atoms with van der Waals surface area (Å²) in [5.74, 6) is 4.37. The molecule has 2 aromatic carbocycles. The molecule has 0 aliphatic heterocycles. The van der Waals surface area contributed by atoms with E-state index in [0.717, 1.165) is 21.5 Å². The van der Waals surface area contributed by atoms with Gasteiger partial charge < -0.3 is 0 Å². The van der Waals surface area contributed by atoms with Gasteiger partial charge in [0, 0.05) is 12.1 Å². The first-order chi connectivity index (χ1) is 12.1. The summed E-state index contributed by atoms with van der Waals surface area (Å²) in [5.41, 5.74) is 3.39. The lowest BCUT2D eigenvalue weighted by Crippen LogP contribution is -2.43. The van der Waals surface area contributed by atoms with E-state index in [9.17, 15) is 23.3 Å². The highest BCUT2D eigenvalue weighted by atomic mass is 32.2. The van der Waals surface area contributed by atoms with Crippen molar-refractivity contribution in [1.82, 2.24) is 5.43 Å².